The first-order valence-corrected chi connectivity index (χ1v) is 2.50. The summed E-state index contributed by atoms with van der Waals surface area (Å²) >= 11 is 0. The molecule has 0 aromatic rings. The molecule has 0 radical (unpaired) electrons. The third-order valence-corrected chi connectivity index (χ3v) is 0.680. The van der Waals surface area contributed by atoms with Crippen LogP contribution in [0.15, 0.2) is 0 Å². The van der Waals surface area contributed by atoms with Gasteiger partial charge in [0.2, 0.25) is 0 Å². The number of carbonyl (C=O) groups is 1. The van der Waals surface area contributed by atoms with Crippen LogP contribution in [0.25, 0.3) is 0 Å². The third-order valence-electron chi connectivity index (χ3n) is 0.680. The molecule has 0 unspecified atom stereocenters. The van der Waals surface area contributed by atoms with Crippen molar-refractivity contribution in [1.82, 2.24) is 5.32 Å². The predicted molar refractivity (Wildman–Crippen MR) is 38.5 cm³/mol. The van der Waals surface area contributed by atoms with E-state index in [1.54, 1.807) is 0 Å². The van der Waals surface area contributed by atoms with Crippen LogP contribution < -0.4 is 16.8 Å². The molecule has 56 valence electrons. The summed E-state index contributed by atoms with van der Waals surface area (Å²) < 4.78 is 0. The van der Waals surface area contributed by atoms with E-state index in [2.05, 4.69) is 5.32 Å². The average Bonchev–Trinajstić information content (AvgIpc) is 1.66. The van der Waals surface area contributed by atoms with E-state index in [4.69, 9.17) is 11.5 Å². The molecule has 0 aliphatic rings. The molecule has 0 rings (SSSR count). The molecule has 0 bridgehead atoms. The van der Waals surface area contributed by atoms with E-state index in [0.29, 0.717) is 13.1 Å². The van der Waals surface area contributed by atoms with Crippen LogP contribution in [0.3, 0.4) is 0 Å². The van der Waals surface area contributed by atoms with Gasteiger partial charge in [0.25, 0.3) is 0 Å². The highest BCUT2D eigenvalue weighted by Crippen LogP contribution is 1.66. The topological polar surface area (TPSA) is 81.1 Å². The predicted octanol–water partition coefficient (Wildman–Crippen LogP) is -0.575. The van der Waals surface area contributed by atoms with E-state index in [0.717, 1.165) is 6.42 Å². The Balaban J connectivity index is 0. The van der Waals surface area contributed by atoms with E-state index >= 15 is 0 Å². The summed E-state index contributed by atoms with van der Waals surface area (Å²) in [4.78, 5) is 9.94. The molecular formula is C4H12ClN3O. The van der Waals surface area contributed by atoms with Gasteiger partial charge in [-0.05, 0) is 13.0 Å². The first kappa shape index (κ1) is 11.3. The summed E-state index contributed by atoms with van der Waals surface area (Å²) in [6, 6.07) is -0.488. The molecule has 0 aromatic heterocycles. The van der Waals surface area contributed by atoms with E-state index in [-0.39, 0.29) is 12.4 Å². The van der Waals surface area contributed by atoms with Crippen molar-refractivity contribution in [3.8, 4) is 0 Å². The van der Waals surface area contributed by atoms with Gasteiger partial charge in [-0.25, -0.2) is 4.79 Å². The van der Waals surface area contributed by atoms with Crippen molar-refractivity contribution < 1.29 is 4.79 Å². The van der Waals surface area contributed by atoms with Gasteiger partial charge in [0.15, 0.2) is 0 Å². The lowest BCUT2D eigenvalue weighted by Crippen LogP contribution is -2.30. The zero-order chi connectivity index (χ0) is 6.41. The lowest BCUT2D eigenvalue weighted by Gasteiger charge is -1.96. The summed E-state index contributed by atoms with van der Waals surface area (Å²) in [7, 11) is 0. The fourth-order valence-corrected chi connectivity index (χ4v) is 0.314. The van der Waals surface area contributed by atoms with Crippen LogP contribution in [0.2, 0.25) is 0 Å². The van der Waals surface area contributed by atoms with Crippen molar-refractivity contribution in [2.24, 2.45) is 11.5 Å². The number of nitrogens with two attached hydrogens (primary N) is 2. The quantitative estimate of drug-likeness (QED) is 0.475. The van der Waals surface area contributed by atoms with E-state index in [1.807, 2.05) is 0 Å². The molecule has 0 saturated heterocycles. The Bertz CT molecular complexity index is 78.2. The first-order chi connectivity index (χ1) is 3.77. The largest absolute Gasteiger partial charge is 0.352 e. The Morgan fingerprint density at radius 3 is 2.44 bits per heavy atom. The number of nitrogens with one attached hydrogen (secondary N) is 1. The molecular weight excluding hydrogens is 142 g/mol. The van der Waals surface area contributed by atoms with Gasteiger partial charge in [0, 0.05) is 6.54 Å². The lowest BCUT2D eigenvalue weighted by molar-refractivity contribution is 0.249. The van der Waals surface area contributed by atoms with Crippen LogP contribution in [-0.2, 0) is 0 Å². The van der Waals surface area contributed by atoms with Crippen molar-refractivity contribution in [2.75, 3.05) is 13.1 Å². The van der Waals surface area contributed by atoms with Crippen molar-refractivity contribution >= 4 is 18.4 Å². The second kappa shape index (κ2) is 7.52. The molecule has 0 spiro atoms. The Morgan fingerprint density at radius 1 is 1.56 bits per heavy atom. The number of hydrogen-bond donors (Lipinski definition) is 3. The zero-order valence-corrected chi connectivity index (χ0v) is 5.91. The van der Waals surface area contributed by atoms with E-state index in [1.165, 1.54) is 0 Å². The molecule has 2 amide bonds. The monoisotopic (exact) mass is 153 g/mol. The fourth-order valence-electron chi connectivity index (χ4n) is 0.314. The Morgan fingerprint density at radius 2 is 2.11 bits per heavy atom. The van der Waals surface area contributed by atoms with Gasteiger partial charge in [-0.3, -0.25) is 0 Å². The molecule has 0 aliphatic carbocycles. The summed E-state index contributed by atoms with van der Waals surface area (Å²) in [5.41, 5.74) is 9.86. The minimum atomic E-state index is -0.488. The molecule has 0 saturated carbocycles. The number of hydrogen-bond acceptors (Lipinski definition) is 2. The Kier molecular flexibility index (Phi) is 9.47. The number of amides is 2. The molecule has 0 aliphatic heterocycles. The van der Waals surface area contributed by atoms with Gasteiger partial charge in [-0.2, -0.15) is 0 Å². The maximum absolute atomic E-state index is 9.94. The van der Waals surface area contributed by atoms with E-state index < -0.39 is 6.03 Å². The Hall–Kier alpha value is -0.480. The minimum absolute atomic E-state index is 0. The highest BCUT2D eigenvalue weighted by molar-refractivity contribution is 5.85. The molecule has 0 aromatic carbocycles. The summed E-state index contributed by atoms with van der Waals surface area (Å²) in [6.45, 7) is 1.16. The van der Waals surface area contributed by atoms with Gasteiger partial charge in [0.05, 0.1) is 0 Å². The lowest BCUT2D eigenvalue weighted by atomic mass is 10.4. The van der Waals surface area contributed by atoms with Crippen LogP contribution in [0.5, 0.6) is 0 Å². The van der Waals surface area contributed by atoms with E-state index in [9.17, 15) is 4.79 Å². The molecule has 4 nitrogen and oxygen atoms in total. The van der Waals surface area contributed by atoms with Crippen LogP contribution in [0, 0.1) is 0 Å². The number of halogens is 1. The maximum atomic E-state index is 9.94. The highest BCUT2D eigenvalue weighted by Gasteiger charge is 1.86. The summed E-state index contributed by atoms with van der Waals surface area (Å²) in [5.74, 6) is 0. The summed E-state index contributed by atoms with van der Waals surface area (Å²) in [6.07, 6.45) is 0.781. The number of urea groups is 1. The molecule has 0 heterocycles. The number of rotatable bonds is 3. The van der Waals surface area contributed by atoms with Crippen LogP contribution in [0.4, 0.5) is 4.79 Å². The van der Waals surface area contributed by atoms with Gasteiger partial charge in [0.1, 0.15) is 0 Å². The second-order valence-corrected chi connectivity index (χ2v) is 1.43. The zero-order valence-electron chi connectivity index (χ0n) is 5.09. The van der Waals surface area contributed by atoms with Crippen molar-refractivity contribution in [3.05, 3.63) is 0 Å². The molecule has 5 heteroatoms. The molecule has 5 N–H and O–H groups in total. The first-order valence-electron chi connectivity index (χ1n) is 2.50. The maximum Gasteiger partial charge on any atom is 0.312 e. The van der Waals surface area contributed by atoms with Crippen LogP contribution in [-0.4, -0.2) is 19.1 Å². The number of primary amides is 1. The van der Waals surface area contributed by atoms with Gasteiger partial charge < -0.3 is 16.8 Å². The summed E-state index contributed by atoms with van der Waals surface area (Å²) in [5, 5.41) is 2.41. The number of carbonyl (C=O) groups excluding carboxylic acids is 1. The standard InChI is InChI=1S/C4H11N3O.ClH/c5-2-1-3-7-4(6)8;/h1-3,5H2,(H3,6,7,8);1H. The van der Waals surface area contributed by atoms with Crippen LogP contribution in [0.1, 0.15) is 6.42 Å². The Labute approximate surface area is 60.4 Å². The highest BCUT2D eigenvalue weighted by atomic mass is 35.5. The molecule has 0 fully saturated rings. The fraction of sp³-hybridized carbons (Fsp3) is 0.750. The second-order valence-electron chi connectivity index (χ2n) is 1.43. The van der Waals surface area contributed by atoms with Crippen molar-refractivity contribution in [2.45, 2.75) is 6.42 Å². The molecule has 0 atom stereocenters. The average molecular weight is 154 g/mol. The molecule has 9 heavy (non-hydrogen) atoms. The third kappa shape index (κ3) is 11.2. The van der Waals surface area contributed by atoms with Crippen molar-refractivity contribution in [1.29, 1.82) is 0 Å². The minimum Gasteiger partial charge on any atom is -0.352 e. The SMILES string of the molecule is Cl.NCCCNC(N)=O. The smallest absolute Gasteiger partial charge is 0.312 e. The van der Waals surface area contributed by atoms with Gasteiger partial charge in [-0.1, -0.05) is 0 Å². The van der Waals surface area contributed by atoms with Crippen LogP contribution >= 0.6 is 12.4 Å². The normalized spacial score (nSPS) is 7.67. The van der Waals surface area contributed by atoms with Crippen molar-refractivity contribution in [3.63, 3.8) is 0 Å². The van der Waals surface area contributed by atoms with Gasteiger partial charge in [-0.15, -0.1) is 12.4 Å². The van der Waals surface area contributed by atoms with Gasteiger partial charge >= 0.3 is 6.03 Å².